The molecule has 0 saturated carbocycles. The Kier molecular flexibility index (Phi) is 3.95. The number of carbonyl (C=O) groups is 1. The summed E-state index contributed by atoms with van der Waals surface area (Å²) in [4.78, 5) is 11.2. The molecule has 0 saturated heterocycles. The molecule has 1 aliphatic rings. The molecule has 0 radical (unpaired) electrons. The van der Waals surface area contributed by atoms with Crippen LogP contribution in [0.15, 0.2) is 11.6 Å². The van der Waals surface area contributed by atoms with E-state index in [4.69, 9.17) is 0 Å². The number of ketones is 1. The number of hydrogen-bond donors (Lipinski definition) is 1. The van der Waals surface area contributed by atoms with Crippen LogP contribution in [0.3, 0.4) is 0 Å². The molecule has 2 heteroatoms. The highest BCUT2D eigenvalue weighted by molar-refractivity contribution is 5.78. The molecule has 0 heterocycles. The first kappa shape index (κ1) is 13.4. The van der Waals surface area contributed by atoms with E-state index in [1.807, 2.05) is 6.92 Å². The van der Waals surface area contributed by atoms with Gasteiger partial charge in [0.05, 0.1) is 6.10 Å². The number of aliphatic hydroxyl groups is 1. The van der Waals surface area contributed by atoms with Gasteiger partial charge < -0.3 is 5.11 Å². The van der Waals surface area contributed by atoms with Gasteiger partial charge in [0.15, 0.2) is 0 Å². The van der Waals surface area contributed by atoms with Crippen LogP contribution in [0.4, 0.5) is 0 Å². The van der Waals surface area contributed by atoms with Crippen LogP contribution in [0.25, 0.3) is 0 Å². The molecule has 16 heavy (non-hydrogen) atoms. The van der Waals surface area contributed by atoms with E-state index < -0.39 is 6.10 Å². The molecule has 3 unspecified atom stereocenters. The number of carbonyl (C=O) groups excluding carboxylic acids is 1. The Bertz CT molecular complexity index is 302. The van der Waals surface area contributed by atoms with Crippen molar-refractivity contribution >= 4 is 5.78 Å². The molecule has 2 nitrogen and oxygen atoms in total. The standard InChI is InChI=1S/C14H24O2/c1-9-6-7-12(14(9,4)5)8-13(16)10(2)11(3)15/h6,10,12-13,16H,7-8H2,1-5H3. The molecule has 0 aromatic carbocycles. The van der Waals surface area contributed by atoms with Crippen molar-refractivity contribution in [3.05, 3.63) is 11.6 Å². The van der Waals surface area contributed by atoms with Crippen molar-refractivity contribution in [1.82, 2.24) is 0 Å². The molecule has 0 bridgehead atoms. The number of aliphatic hydroxyl groups excluding tert-OH is 1. The highest BCUT2D eigenvalue weighted by atomic mass is 16.3. The number of Topliss-reactive ketones (excluding diaryl/α,β-unsaturated/α-hetero) is 1. The first-order chi connectivity index (χ1) is 7.26. The summed E-state index contributed by atoms with van der Waals surface area (Å²) in [7, 11) is 0. The lowest BCUT2D eigenvalue weighted by Crippen LogP contribution is -2.30. The van der Waals surface area contributed by atoms with Crippen LogP contribution >= 0.6 is 0 Å². The second kappa shape index (κ2) is 4.70. The van der Waals surface area contributed by atoms with Gasteiger partial charge in [0.1, 0.15) is 5.78 Å². The third kappa shape index (κ3) is 2.54. The molecule has 0 amide bonds. The SMILES string of the molecule is CC(=O)C(C)C(O)CC1CC=C(C)C1(C)C. The minimum absolute atomic E-state index is 0.0768. The summed E-state index contributed by atoms with van der Waals surface area (Å²) in [6.07, 6.45) is 3.51. The lowest BCUT2D eigenvalue weighted by molar-refractivity contribution is -0.124. The molecule has 0 aromatic heterocycles. The monoisotopic (exact) mass is 224 g/mol. The lowest BCUT2D eigenvalue weighted by Gasteiger charge is -2.32. The lowest BCUT2D eigenvalue weighted by atomic mass is 9.74. The molecule has 1 aliphatic carbocycles. The van der Waals surface area contributed by atoms with Crippen LogP contribution < -0.4 is 0 Å². The Morgan fingerprint density at radius 1 is 1.62 bits per heavy atom. The average molecular weight is 224 g/mol. The molecule has 3 atom stereocenters. The normalized spacial score (nSPS) is 27.4. The average Bonchev–Trinajstić information content (AvgIpc) is 2.43. The van der Waals surface area contributed by atoms with Crippen LogP contribution in [0, 0.1) is 17.3 Å². The molecular formula is C14H24O2. The minimum Gasteiger partial charge on any atom is -0.392 e. The van der Waals surface area contributed by atoms with Crippen LogP contribution in [0.2, 0.25) is 0 Å². The fourth-order valence-corrected chi connectivity index (χ4v) is 2.36. The van der Waals surface area contributed by atoms with Gasteiger partial charge in [-0.15, -0.1) is 0 Å². The smallest absolute Gasteiger partial charge is 0.135 e. The Hall–Kier alpha value is -0.630. The van der Waals surface area contributed by atoms with Crippen LogP contribution in [0.5, 0.6) is 0 Å². The molecule has 0 aliphatic heterocycles. The van der Waals surface area contributed by atoms with Crippen molar-refractivity contribution in [2.45, 2.75) is 53.6 Å². The largest absolute Gasteiger partial charge is 0.392 e. The Morgan fingerprint density at radius 2 is 2.19 bits per heavy atom. The maximum atomic E-state index is 11.2. The van der Waals surface area contributed by atoms with Gasteiger partial charge in [-0.3, -0.25) is 4.79 Å². The third-order valence-corrected chi connectivity index (χ3v) is 4.49. The van der Waals surface area contributed by atoms with E-state index >= 15 is 0 Å². The second-order valence-electron chi connectivity index (χ2n) is 5.74. The summed E-state index contributed by atoms with van der Waals surface area (Å²) in [6.45, 7) is 9.97. The second-order valence-corrected chi connectivity index (χ2v) is 5.74. The Labute approximate surface area is 98.7 Å². The zero-order valence-electron chi connectivity index (χ0n) is 11.1. The van der Waals surface area contributed by atoms with Crippen molar-refractivity contribution in [3.8, 4) is 0 Å². The van der Waals surface area contributed by atoms with Crippen LogP contribution in [-0.4, -0.2) is 17.0 Å². The van der Waals surface area contributed by atoms with Crippen LogP contribution in [-0.2, 0) is 4.79 Å². The molecule has 0 fully saturated rings. The van der Waals surface area contributed by atoms with Gasteiger partial charge in [-0.2, -0.15) is 0 Å². The number of rotatable bonds is 4. The number of allylic oxidation sites excluding steroid dienone is 2. The topological polar surface area (TPSA) is 37.3 Å². The van der Waals surface area contributed by atoms with Gasteiger partial charge in [-0.25, -0.2) is 0 Å². The summed E-state index contributed by atoms with van der Waals surface area (Å²) in [5.74, 6) is 0.300. The Balaban J connectivity index is 2.60. The predicted octanol–water partition coefficient (Wildman–Crippen LogP) is 2.95. The van der Waals surface area contributed by atoms with Gasteiger partial charge >= 0.3 is 0 Å². The first-order valence-electron chi connectivity index (χ1n) is 6.12. The van der Waals surface area contributed by atoms with Crippen molar-refractivity contribution in [3.63, 3.8) is 0 Å². The van der Waals surface area contributed by atoms with Gasteiger partial charge in [-0.1, -0.05) is 32.4 Å². The van der Waals surface area contributed by atoms with Crippen molar-refractivity contribution in [2.75, 3.05) is 0 Å². The maximum absolute atomic E-state index is 11.2. The van der Waals surface area contributed by atoms with E-state index in [2.05, 4.69) is 26.8 Å². The zero-order chi connectivity index (χ0) is 12.5. The van der Waals surface area contributed by atoms with E-state index in [9.17, 15) is 9.90 Å². The van der Waals surface area contributed by atoms with Gasteiger partial charge in [0.25, 0.3) is 0 Å². The van der Waals surface area contributed by atoms with E-state index in [1.54, 1.807) is 6.92 Å². The quantitative estimate of drug-likeness (QED) is 0.745. The highest BCUT2D eigenvalue weighted by Crippen LogP contribution is 2.45. The van der Waals surface area contributed by atoms with Crippen LogP contribution in [0.1, 0.15) is 47.5 Å². The van der Waals surface area contributed by atoms with E-state index in [0.29, 0.717) is 5.92 Å². The molecule has 92 valence electrons. The van der Waals surface area contributed by atoms with Gasteiger partial charge in [-0.05, 0) is 38.0 Å². The summed E-state index contributed by atoms with van der Waals surface area (Å²) >= 11 is 0. The maximum Gasteiger partial charge on any atom is 0.135 e. The summed E-state index contributed by atoms with van der Waals surface area (Å²) < 4.78 is 0. The van der Waals surface area contributed by atoms with Gasteiger partial charge in [0.2, 0.25) is 0 Å². The minimum atomic E-state index is -0.499. The molecular weight excluding hydrogens is 200 g/mol. The fraction of sp³-hybridized carbons (Fsp3) is 0.786. The molecule has 1 rings (SSSR count). The first-order valence-corrected chi connectivity index (χ1v) is 6.12. The predicted molar refractivity (Wildman–Crippen MR) is 66.1 cm³/mol. The molecule has 0 spiro atoms. The third-order valence-electron chi connectivity index (χ3n) is 4.49. The summed E-state index contributed by atoms with van der Waals surface area (Å²) in [6, 6.07) is 0. The van der Waals surface area contributed by atoms with E-state index in [-0.39, 0.29) is 17.1 Å². The molecule has 1 N–H and O–H groups in total. The fourth-order valence-electron chi connectivity index (χ4n) is 2.36. The zero-order valence-corrected chi connectivity index (χ0v) is 11.1. The van der Waals surface area contributed by atoms with Crippen molar-refractivity contribution < 1.29 is 9.90 Å². The van der Waals surface area contributed by atoms with Crippen molar-refractivity contribution in [1.29, 1.82) is 0 Å². The van der Waals surface area contributed by atoms with E-state index in [0.717, 1.165) is 12.8 Å². The van der Waals surface area contributed by atoms with Gasteiger partial charge in [0, 0.05) is 5.92 Å². The van der Waals surface area contributed by atoms with Crippen molar-refractivity contribution in [2.24, 2.45) is 17.3 Å². The number of hydrogen-bond acceptors (Lipinski definition) is 2. The highest BCUT2D eigenvalue weighted by Gasteiger charge is 2.37. The molecule has 0 aromatic rings. The summed E-state index contributed by atoms with van der Waals surface area (Å²) in [5.41, 5.74) is 1.57. The van der Waals surface area contributed by atoms with E-state index in [1.165, 1.54) is 5.57 Å². The Morgan fingerprint density at radius 3 is 2.56 bits per heavy atom. The summed E-state index contributed by atoms with van der Waals surface area (Å²) in [5, 5.41) is 10.0.